The van der Waals surface area contributed by atoms with Crippen LogP contribution in [-0.2, 0) is 10.3 Å². The lowest BCUT2D eigenvalue weighted by Crippen LogP contribution is -2.29. The van der Waals surface area contributed by atoms with Crippen LogP contribution in [0, 0.1) is 5.82 Å². The minimum Gasteiger partial charge on any atom is -0.486 e. The van der Waals surface area contributed by atoms with Gasteiger partial charge in [0.2, 0.25) is 0 Å². The Hall–Kier alpha value is -1.58. The van der Waals surface area contributed by atoms with Crippen LogP contribution in [0.15, 0.2) is 12.1 Å². The summed E-state index contributed by atoms with van der Waals surface area (Å²) >= 11 is 0. The molecule has 0 bridgehead atoms. The van der Waals surface area contributed by atoms with Crippen molar-refractivity contribution >= 4 is 16.0 Å². The molecular formula is C8H9FN2O5S. The molecule has 1 aliphatic heterocycles. The molecule has 0 saturated heterocycles. The molecule has 9 heteroatoms. The second-order valence-electron chi connectivity index (χ2n) is 3.18. The third-order valence-corrected chi connectivity index (χ3v) is 2.31. The van der Waals surface area contributed by atoms with Crippen molar-refractivity contribution in [3.8, 4) is 11.5 Å². The summed E-state index contributed by atoms with van der Waals surface area (Å²) in [6.45, 7) is 0.645. The Morgan fingerprint density at radius 2 is 1.82 bits per heavy atom. The number of rotatable bonds is 3. The Labute approximate surface area is 96.4 Å². The Kier molecular flexibility index (Phi) is 3.05. The van der Waals surface area contributed by atoms with E-state index in [2.05, 4.69) is 0 Å². The molecule has 0 spiro atoms. The quantitative estimate of drug-likeness (QED) is 0.537. The van der Waals surface area contributed by atoms with Gasteiger partial charge in [-0.3, -0.25) is 4.55 Å². The maximum Gasteiger partial charge on any atom is 0.350 e. The zero-order valence-corrected chi connectivity index (χ0v) is 9.25. The lowest BCUT2D eigenvalue weighted by molar-refractivity contribution is 0.171. The van der Waals surface area contributed by atoms with Crippen molar-refractivity contribution < 1.29 is 26.8 Å². The van der Waals surface area contributed by atoms with E-state index >= 15 is 0 Å². The van der Waals surface area contributed by atoms with E-state index in [1.165, 1.54) is 10.9 Å². The fourth-order valence-corrected chi connectivity index (χ4v) is 1.52. The van der Waals surface area contributed by atoms with E-state index in [0.717, 1.165) is 6.07 Å². The lowest BCUT2D eigenvalue weighted by atomic mass is 10.2. The van der Waals surface area contributed by atoms with Crippen molar-refractivity contribution in [2.24, 2.45) is 0 Å². The van der Waals surface area contributed by atoms with Crippen molar-refractivity contribution in [3.05, 3.63) is 17.9 Å². The van der Waals surface area contributed by atoms with Crippen molar-refractivity contribution in [1.29, 1.82) is 0 Å². The summed E-state index contributed by atoms with van der Waals surface area (Å²) in [5.41, 5.74) is 1.82. The van der Waals surface area contributed by atoms with Crippen LogP contribution in [0.1, 0.15) is 0 Å². The van der Waals surface area contributed by atoms with Crippen LogP contribution < -0.4 is 19.7 Å². The zero-order chi connectivity index (χ0) is 12.5. The molecule has 17 heavy (non-hydrogen) atoms. The fourth-order valence-electron chi connectivity index (χ4n) is 1.28. The van der Waals surface area contributed by atoms with Gasteiger partial charge in [0.25, 0.3) is 0 Å². The summed E-state index contributed by atoms with van der Waals surface area (Å²) in [6, 6.07) is 2.28. The SMILES string of the molecule is O=S(=O)(O)NNc1cc2c(cc1F)OCCO2. The normalized spacial score (nSPS) is 14.5. The van der Waals surface area contributed by atoms with E-state index in [9.17, 15) is 12.8 Å². The van der Waals surface area contributed by atoms with Crippen LogP contribution in [-0.4, -0.2) is 26.2 Å². The number of anilines is 1. The first-order chi connectivity index (χ1) is 7.96. The molecule has 0 aromatic heterocycles. The van der Waals surface area contributed by atoms with E-state index in [1.807, 2.05) is 5.43 Å². The number of halogens is 1. The molecule has 1 aliphatic rings. The summed E-state index contributed by atoms with van der Waals surface area (Å²) in [5, 5.41) is 0. The number of hydrogen-bond donors (Lipinski definition) is 3. The van der Waals surface area contributed by atoms with Gasteiger partial charge in [-0.25, -0.2) is 4.39 Å². The largest absolute Gasteiger partial charge is 0.486 e. The van der Waals surface area contributed by atoms with Gasteiger partial charge in [-0.1, -0.05) is 0 Å². The van der Waals surface area contributed by atoms with Gasteiger partial charge in [0.1, 0.15) is 13.2 Å². The molecule has 94 valence electrons. The average Bonchev–Trinajstić information content (AvgIpc) is 2.25. The highest BCUT2D eigenvalue weighted by Crippen LogP contribution is 2.34. The van der Waals surface area contributed by atoms with Gasteiger partial charge in [0, 0.05) is 12.1 Å². The molecule has 1 aromatic carbocycles. The van der Waals surface area contributed by atoms with Gasteiger partial charge in [0.15, 0.2) is 17.3 Å². The van der Waals surface area contributed by atoms with Crippen LogP contribution in [0.3, 0.4) is 0 Å². The summed E-state index contributed by atoms with van der Waals surface area (Å²) < 4.78 is 53.0. The first-order valence-electron chi connectivity index (χ1n) is 4.55. The molecule has 2 rings (SSSR count). The second kappa shape index (κ2) is 4.35. The van der Waals surface area contributed by atoms with Gasteiger partial charge in [-0.15, -0.1) is 4.83 Å². The molecule has 0 aliphatic carbocycles. The Bertz CT molecular complexity index is 533. The molecule has 3 N–H and O–H groups in total. The highest BCUT2D eigenvalue weighted by Gasteiger charge is 2.16. The fraction of sp³-hybridized carbons (Fsp3) is 0.250. The van der Waals surface area contributed by atoms with Crippen LogP contribution in [0.2, 0.25) is 0 Å². The second-order valence-corrected chi connectivity index (χ2v) is 4.33. The van der Waals surface area contributed by atoms with E-state index < -0.39 is 16.1 Å². The monoisotopic (exact) mass is 264 g/mol. The third-order valence-electron chi connectivity index (χ3n) is 1.95. The van der Waals surface area contributed by atoms with Gasteiger partial charge in [-0.05, 0) is 0 Å². The Morgan fingerprint density at radius 3 is 2.41 bits per heavy atom. The van der Waals surface area contributed by atoms with E-state index in [1.54, 1.807) is 0 Å². The molecule has 0 unspecified atom stereocenters. The molecule has 0 amide bonds. The number of hydrazine groups is 1. The smallest absolute Gasteiger partial charge is 0.350 e. The molecule has 0 radical (unpaired) electrons. The summed E-state index contributed by atoms with van der Waals surface area (Å²) in [5.74, 6) is -0.214. The van der Waals surface area contributed by atoms with Crippen LogP contribution >= 0.6 is 0 Å². The predicted octanol–water partition coefficient (Wildman–Crippen LogP) is 0.316. The summed E-state index contributed by atoms with van der Waals surface area (Å²) in [6.07, 6.45) is 0. The first kappa shape index (κ1) is 11.9. The maximum absolute atomic E-state index is 13.4. The van der Waals surface area contributed by atoms with Gasteiger partial charge < -0.3 is 14.9 Å². The van der Waals surface area contributed by atoms with Gasteiger partial charge >= 0.3 is 10.3 Å². The number of ether oxygens (including phenoxy) is 2. The van der Waals surface area contributed by atoms with Crippen molar-refractivity contribution in [3.63, 3.8) is 0 Å². The number of nitrogens with one attached hydrogen (secondary N) is 2. The first-order valence-corrected chi connectivity index (χ1v) is 5.99. The predicted molar refractivity (Wildman–Crippen MR) is 55.7 cm³/mol. The number of hydrogen-bond acceptors (Lipinski definition) is 5. The third kappa shape index (κ3) is 2.96. The summed E-state index contributed by atoms with van der Waals surface area (Å²) in [4.78, 5) is 1.53. The number of benzene rings is 1. The van der Waals surface area contributed by atoms with Crippen molar-refractivity contribution in [2.45, 2.75) is 0 Å². The van der Waals surface area contributed by atoms with Gasteiger partial charge in [-0.2, -0.15) is 8.42 Å². The maximum atomic E-state index is 13.4. The van der Waals surface area contributed by atoms with E-state index in [0.29, 0.717) is 13.2 Å². The molecule has 1 heterocycles. The highest BCUT2D eigenvalue weighted by atomic mass is 32.2. The molecule has 0 saturated carbocycles. The Balaban J connectivity index is 2.23. The van der Waals surface area contributed by atoms with Crippen LogP contribution in [0.4, 0.5) is 10.1 Å². The molecular weight excluding hydrogens is 255 g/mol. The Morgan fingerprint density at radius 1 is 1.24 bits per heavy atom. The summed E-state index contributed by atoms with van der Waals surface area (Å²) in [7, 11) is -4.46. The van der Waals surface area contributed by atoms with Crippen molar-refractivity contribution in [2.75, 3.05) is 18.6 Å². The van der Waals surface area contributed by atoms with E-state index in [-0.39, 0.29) is 17.2 Å². The average molecular weight is 264 g/mol. The minimum absolute atomic E-state index is 0.188. The van der Waals surface area contributed by atoms with Crippen LogP contribution in [0.5, 0.6) is 11.5 Å². The number of fused-ring (bicyclic) bond motifs is 1. The molecule has 7 nitrogen and oxygen atoms in total. The molecule has 0 fully saturated rings. The van der Waals surface area contributed by atoms with Crippen molar-refractivity contribution in [1.82, 2.24) is 4.83 Å². The standard InChI is InChI=1S/C8H9FN2O5S/c9-5-3-7-8(16-2-1-15-7)4-6(5)10-11-17(12,13)14/h3-4,10-11H,1-2H2,(H,12,13,14). The highest BCUT2D eigenvalue weighted by molar-refractivity contribution is 7.83. The van der Waals surface area contributed by atoms with Crippen LogP contribution in [0.25, 0.3) is 0 Å². The lowest BCUT2D eigenvalue weighted by Gasteiger charge is -2.19. The minimum atomic E-state index is -4.46. The van der Waals surface area contributed by atoms with E-state index in [4.69, 9.17) is 14.0 Å². The topological polar surface area (TPSA) is 96.9 Å². The molecule has 1 aromatic rings. The molecule has 0 atom stereocenters. The van der Waals surface area contributed by atoms with Gasteiger partial charge in [0.05, 0.1) is 5.69 Å². The zero-order valence-electron chi connectivity index (χ0n) is 8.44.